The van der Waals surface area contributed by atoms with Crippen LogP contribution >= 0.6 is 12.4 Å². The summed E-state index contributed by atoms with van der Waals surface area (Å²) in [5.41, 5.74) is 4.67. The smallest absolute Gasteiger partial charge is 0.211 e. The van der Waals surface area contributed by atoms with E-state index in [1.54, 1.807) is 0 Å². The maximum absolute atomic E-state index is 4.97. The fourth-order valence-corrected chi connectivity index (χ4v) is 3.14. The molecular formula is C18H21ClN4. The highest BCUT2D eigenvalue weighted by atomic mass is 35.5. The fraction of sp³-hybridized carbons (Fsp3) is 0.278. The van der Waals surface area contributed by atoms with Crippen LogP contribution in [0.1, 0.15) is 5.56 Å². The maximum atomic E-state index is 4.97. The van der Waals surface area contributed by atoms with Gasteiger partial charge in [0, 0.05) is 31.9 Å². The molecule has 2 heterocycles. The van der Waals surface area contributed by atoms with Gasteiger partial charge in [0.15, 0.2) is 0 Å². The van der Waals surface area contributed by atoms with Gasteiger partial charge in [-0.15, -0.1) is 12.4 Å². The van der Waals surface area contributed by atoms with Crippen LogP contribution in [-0.2, 0) is 0 Å². The Hall–Kier alpha value is -2.04. The molecule has 2 aromatic carbocycles. The molecule has 0 amide bonds. The first-order chi connectivity index (χ1) is 10.8. The van der Waals surface area contributed by atoms with E-state index in [0.717, 1.165) is 37.6 Å². The Kier molecular flexibility index (Phi) is 4.55. The second kappa shape index (κ2) is 6.60. The number of benzene rings is 2. The van der Waals surface area contributed by atoms with Crippen LogP contribution in [0.4, 0.5) is 5.95 Å². The number of nitrogens with one attached hydrogen (secondary N) is 1. The average molecular weight is 329 g/mol. The van der Waals surface area contributed by atoms with E-state index in [9.17, 15) is 0 Å². The third kappa shape index (κ3) is 2.80. The molecule has 1 saturated heterocycles. The highest BCUT2D eigenvalue weighted by Crippen LogP contribution is 2.28. The van der Waals surface area contributed by atoms with Gasteiger partial charge < -0.3 is 10.2 Å². The summed E-state index contributed by atoms with van der Waals surface area (Å²) in [6.45, 7) is 6.14. The van der Waals surface area contributed by atoms with Gasteiger partial charge in [-0.3, -0.25) is 4.57 Å². The number of piperazine rings is 1. The molecule has 1 aliphatic rings. The summed E-state index contributed by atoms with van der Waals surface area (Å²) in [5.74, 6) is 1.05. The van der Waals surface area contributed by atoms with Gasteiger partial charge in [0.1, 0.15) is 0 Å². The van der Waals surface area contributed by atoms with Crippen molar-refractivity contribution in [2.24, 2.45) is 0 Å². The number of para-hydroxylation sites is 2. The van der Waals surface area contributed by atoms with Crippen LogP contribution in [0.25, 0.3) is 16.7 Å². The van der Waals surface area contributed by atoms with Crippen LogP contribution in [0.2, 0.25) is 0 Å². The molecule has 120 valence electrons. The summed E-state index contributed by atoms with van der Waals surface area (Å²) in [4.78, 5) is 7.35. The Morgan fingerprint density at radius 3 is 2.43 bits per heavy atom. The molecule has 1 N–H and O–H groups in total. The molecule has 4 rings (SSSR count). The molecule has 5 heteroatoms. The molecule has 0 saturated carbocycles. The third-order valence-corrected chi connectivity index (χ3v) is 4.28. The van der Waals surface area contributed by atoms with E-state index in [1.165, 1.54) is 16.8 Å². The molecular weight excluding hydrogens is 308 g/mol. The predicted molar refractivity (Wildman–Crippen MR) is 98.1 cm³/mol. The minimum absolute atomic E-state index is 0. The fourth-order valence-electron chi connectivity index (χ4n) is 3.14. The first-order valence-electron chi connectivity index (χ1n) is 7.84. The van der Waals surface area contributed by atoms with Crippen molar-refractivity contribution in [1.29, 1.82) is 0 Å². The molecule has 3 aromatic rings. The molecule has 0 spiro atoms. The third-order valence-electron chi connectivity index (χ3n) is 4.28. The highest BCUT2D eigenvalue weighted by molar-refractivity contribution is 5.85. The van der Waals surface area contributed by atoms with E-state index in [2.05, 4.69) is 70.2 Å². The average Bonchev–Trinajstić information content (AvgIpc) is 2.97. The quantitative estimate of drug-likeness (QED) is 0.784. The number of hydrogen-bond donors (Lipinski definition) is 1. The Bertz CT molecular complexity index is 791. The Labute approximate surface area is 142 Å². The number of nitrogens with zero attached hydrogens (tertiary/aromatic N) is 3. The summed E-state index contributed by atoms with van der Waals surface area (Å²) >= 11 is 0. The van der Waals surface area contributed by atoms with E-state index in [4.69, 9.17) is 4.98 Å². The molecule has 1 aliphatic heterocycles. The number of imidazole rings is 1. The lowest BCUT2D eigenvalue weighted by Crippen LogP contribution is -2.44. The number of anilines is 1. The summed E-state index contributed by atoms with van der Waals surface area (Å²) in [5, 5.41) is 3.41. The van der Waals surface area contributed by atoms with E-state index in [0.29, 0.717) is 0 Å². The van der Waals surface area contributed by atoms with Crippen LogP contribution < -0.4 is 10.2 Å². The van der Waals surface area contributed by atoms with Crippen molar-refractivity contribution in [3.63, 3.8) is 0 Å². The zero-order valence-electron chi connectivity index (χ0n) is 13.2. The van der Waals surface area contributed by atoms with Gasteiger partial charge in [0.25, 0.3) is 0 Å². The largest absolute Gasteiger partial charge is 0.339 e. The van der Waals surface area contributed by atoms with Gasteiger partial charge in [0.05, 0.1) is 11.0 Å². The van der Waals surface area contributed by atoms with Crippen LogP contribution in [-0.4, -0.2) is 35.7 Å². The second-order valence-electron chi connectivity index (χ2n) is 5.76. The van der Waals surface area contributed by atoms with Crippen molar-refractivity contribution in [1.82, 2.24) is 14.9 Å². The van der Waals surface area contributed by atoms with Crippen molar-refractivity contribution < 1.29 is 0 Å². The summed E-state index contributed by atoms with van der Waals surface area (Å²) in [6.07, 6.45) is 0. The normalized spacial score (nSPS) is 14.7. The van der Waals surface area contributed by atoms with Crippen LogP contribution in [0.15, 0.2) is 48.5 Å². The maximum Gasteiger partial charge on any atom is 0.211 e. The minimum Gasteiger partial charge on any atom is -0.339 e. The Balaban J connectivity index is 0.00000156. The van der Waals surface area contributed by atoms with E-state index < -0.39 is 0 Å². The molecule has 0 bridgehead atoms. The van der Waals surface area contributed by atoms with Crippen LogP contribution in [0.3, 0.4) is 0 Å². The van der Waals surface area contributed by atoms with Gasteiger partial charge in [-0.05, 0) is 30.7 Å². The summed E-state index contributed by atoms with van der Waals surface area (Å²) in [7, 11) is 0. The highest BCUT2D eigenvalue weighted by Gasteiger charge is 2.20. The van der Waals surface area contributed by atoms with Gasteiger partial charge >= 0.3 is 0 Å². The van der Waals surface area contributed by atoms with E-state index >= 15 is 0 Å². The van der Waals surface area contributed by atoms with E-state index in [-0.39, 0.29) is 12.4 Å². The molecule has 0 atom stereocenters. The molecule has 1 aromatic heterocycles. The van der Waals surface area contributed by atoms with Gasteiger partial charge in [-0.1, -0.05) is 30.3 Å². The monoisotopic (exact) mass is 328 g/mol. The van der Waals surface area contributed by atoms with Crippen molar-refractivity contribution in [3.8, 4) is 5.69 Å². The topological polar surface area (TPSA) is 33.1 Å². The number of aromatic nitrogens is 2. The zero-order chi connectivity index (χ0) is 14.9. The number of hydrogen-bond acceptors (Lipinski definition) is 3. The molecule has 1 fully saturated rings. The molecule has 23 heavy (non-hydrogen) atoms. The number of rotatable bonds is 2. The summed E-state index contributed by atoms with van der Waals surface area (Å²) < 4.78 is 2.29. The van der Waals surface area contributed by atoms with Crippen molar-refractivity contribution in [2.75, 3.05) is 31.1 Å². The van der Waals surface area contributed by atoms with E-state index in [1.807, 2.05) is 0 Å². The minimum atomic E-state index is 0. The van der Waals surface area contributed by atoms with Gasteiger partial charge in [-0.25, -0.2) is 4.98 Å². The molecule has 0 radical (unpaired) electrons. The van der Waals surface area contributed by atoms with Gasteiger partial charge in [-0.2, -0.15) is 0 Å². The number of aryl methyl sites for hydroxylation is 1. The molecule has 0 aliphatic carbocycles. The first-order valence-corrected chi connectivity index (χ1v) is 7.84. The molecule has 0 unspecified atom stereocenters. The zero-order valence-corrected chi connectivity index (χ0v) is 14.0. The second-order valence-corrected chi connectivity index (χ2v) is 5.76. The Morgan fingerprint density at radius 1 is 0.957 bits per heavy atom. The lowest BCUT2D eigenvalue weighted by molar-refractivity contribution is 0.578. The number of halogens is 1. The Morgan fingerprint density at radius 2 is 1.70 bits per heavy atom. The summed E-state index contributed by atoms with van der Waals surface area (Å²) in [6, 6.07) is 16.9. The first kappa shape index (κ1) is 15.8. The SMILES string of the molecule is Cc1cccc2c1nc(N1CCNCC1)n2-c1ccccc1.Cl. The lowest BCUT2D eigenvalue weighted by Gasteiger charge is -2.28. The lowest BCUT2D eigenvalue weighted by atomic mass is 10.2. The van der Waals surface area contributed by atoms with Crippen molar-refractivity contribution in [3.05, 3.63) is 54.1 Å². The molecule has 4 nitrogen and oxygen atoms in total. The van der Waals surface area contributed by atoms with Crippen molar-refractivity contribution >= 4 is 29.4 Å². The van der Waals surface area contributed by atoms with Crippen LogP contribution in [0.5, 0.6) is 0 Å². The van der Waals surface area contributed by atoms with Gasteiger partial charge in [0.2, 0.25) is 5.95 Å². The number of fused-ring (bicyclic) bond motifs is 1. The van der Waals surface area contributed by atoms with Crippen LogP contribution in [0, 0.1) is 6.92 Å². The standard InChI is InChI=1S/C18H20N4.ClH/c1-14-6-5-9-16-17(14)20-18(21-12-10-19-11-13-21)22(16)15-7-3-2-4-8-15;/h2-9,19H,10-13H2,1H3;1H. The predicted octanol–water partition coefficient (Wildman–Crippen LogP) is 3.17. The van der Waals surface area contributed by atoms with Crippen molar-refractivity contribution in [2.45, 2.75) is 6.92 Å².